The lowest BCUT2D eigenvalue weighted by Crippen LogP contribution is -2.38. The second-order valence-corrected chi connectivity index (χ2v) is 8.45. The number of rotatable bonds is 5. The number of nitriles is 1. The molecule has 4 rings (SSSR count). The van der Waals surface area contributed by atoms with Crippen LogP contribution < -0.4 is 9.64 Å². The van der Waals surface area contributed by atoms with E-state index in [1.165, 1.54) is 6.42 Å². The maximum Gasteiger partial charge on any atom is 0.235 e. The highest BCUT2D eigenvalue weighted by molar-refractivity contribution is 6.31. The van der Waals surface area contributed by atoms with E-state index in [-0.39, 0.29) is 0 Å². The van der Waals surface area contributed by atoms with Gasteiger partial charge < -0.3 is 14.1 Å². The van der Waals surface area contributed by atoms with Crippen LogP contribution in [-0.4, -0.2) is 18.1 Å². The van der Waals surface area contributed by atoms with Gasteiger partial charge in [-0.05, 0) is 48.6 Å². The fourth-order valence-corrected chi connectivity index (χ4v) is 4.21. The van der Waals surface area contributed by atoms with Crippen LogP contribution in [0.5, 0.6) is 5.75 Å². The van der Waals surface area contributed by atoms with E-state index < -0.39 is 0 Å². The summed E-state index contributed by atoms with van der Waals surface area (Å²) >= 11 is 6.18. The molecule has 1 aliphatic heterocycles. The van der Waals surface area contributed by atoms with Crippen molar-refractivity contribution in [3.8, 4) is 23.3 Å². The van der Waals surface area contributed by atoms with Gasteiger partial charge >= 0.3 is 0 Å². The molecule has 0 radical (unpaired) electrons. The molecule has 0 N–H and O–H groups in total. The molecule has 1 aliphatic rings. The normalized spacial score (nSPS) is 18.8. The van der Waals surface area contributed by atoms with Crippen LogP contribution >= 0.6 is 11.6 Å². The standard InChI is InChI=1S/C24H24ClN3O2/c1-16-11-17(2)14-28(13-16)24-22(12-26)27-23(30-24)18-7-9-20(10-8-18)29-15-19-5-3-4-6-21(19)25/h3-10,16-17H,11,13-15H2,1-2H3. The van der Waals surface area contributed by atoms with Crippen LogP contribution in [0.1, 0.15) is 31.5 Å². The molecule has 1 saturated heterocycles. The average Bonchev–Trinajstić information content (AvgIpc) is 3.17. The molecular weight excluding hydrogens is 398 g/mol. The lowest BCUT2D eigenvalue weighted by molar-refractivity contribution is 0.306. The summed E-state index contributed by atoms with van der Waals surface area (Å²) in [4.78, 5) is 6.58. The highest BCUT2D eigenvalue weighted by Gasteiger charge is 2.27. The van der Waals surface area contributed by atoms with E-state index in [1.54, 1.807) is 0 Å². The Hall–Kier alpha value is -2.97. The van der Waals surface area contributed by atoms with Crippen molar-refractivity contribution in [2.45, 2.75) is 26.9 Å². The van der Waals surface area contributed by atoms with E-state index in [1.807, 2.05) is 48.5 Å². The first kappa shape index (κ1) is 20.3. The Morgan fingerprint density at radius 2 is 1.83 bits per heavy atom. The molecule has 2 unspecified atom stereocenters. The number of halogens is 1. The van der Waals surface area contributed by atoms with Gasteiger partial charge in [0, 0.05) is 29.2 Å². The first-order valence-electron chi connectivity index (χ1n) is 10.2. The first-order valence-corrected chi connectivity index (χ1v) is 10.5. The Kier molecular flexibility index (Phi) is 5.96. The molecule has 0 aliphatic carbocycles. The second kappa shape index (κ2) is 8.81. The molecule has 6 heteroatoms. The predicted molar refractivity (Wildman–Crippen MR) is 118 cm³/mol. The molecule has 0 bridgehead atoms. The third-order valence-electron chi connectivity index (χ3n) is 5.32. The van der Waals surface area contributed by atoms with Gasteiger partial charge in [-0.3, -0.25) is 0 Å². The van der Waals surface area contributed by atoms with Gasteiger partial charge in [0.05, 0.1) is 0 Å². The van der Waals surface area contributed by atoms with Gasteiger partial charge in [-0.15, -0.1) is 0 Å². The van der Waals surface area contributed by atoms with Gasteiger partial charge in [0.15, 0.2) is 0 Å². The Morgan fingerprint density at radius 1 is 1.13 bits per heavy atom. The molecule has 1 fully saturated rings. The first-order chi connectivity index (χ1) is 14.5. The van der Waals surface area contributed by atoms with E-state index in [9.17, 15) is 5.26 Å². The second-order valence-electron chi connectivity index (χ2n) is 8.04. The predicted octanol–water partition coefficient (Wildman–Crippen LogP) is 5.93. The minimum Gasteiger partial charge on any atom is -0.489 e. The molecule has 1 aromatic heterocycles. The smallest absolute Gasteiger partial charge is 0.235 e. The highest BCUT2D eigenvalue weighted by atomic mass is 35.5. The number of anilines is 1. The van der Waals surface area contributed by atoms with Gasteiger partial charge in [0.2, 0.25) is 17.5 Å². The van der Waals surface area contributed by atoms with Gasteiger partial charge in [-0.1, -0.05) is 43.6 Å². The van der Waals surface area contributed by atoms with Crippen molar-refractivity contribution >= 4 is 17.5 Å². The Labute approximate surface area is 181 Å². The van der Waals surface area contributed by atoms with Crippen LogP contribution in [0, 0.1) is 23.2 Å². The van der Waals surface area contributed by atoms with Crippen LogP contribution in [-0.2, 0) is 6.61 Å². The maximum absolute atomic E-state index is 9.56. The van der Waals surface area contributed by atoms with Crippen molar-refractivity contribution in [2.24, 2.45) is 11.8 Å². The molecule has 0 spiro atoms. The number of piperidine rings is 1. The van der Waals surface area contributed by atoms with Crippen molar-refractivity contribution in [2.75, 3.05) is 18.0 Å². The zero-order chi connectivity index (χ0) is 21.1. The summed E-state index contributed by atoms with van der Waals surface area (Å²) in [5.41, 5.74) is 2.08. The zero-order valence-electron chi connectivity index (χ0n) is 17.1. The summed E-state index contributed by atoms with van der Waals surface area (Å²) in [5, 5.41) is 10.2. The summed E-state index contributed by atoms with van der Waals surface area (Å²) in [5.74, 6) is 2.87. The Bertz CT molecular complexity index is 1050. The molecule has 5 nitrogen and oxygen atoms in total. The lowest BCUT2D eigenvalue weighted by atomic mass is 9.92. The largest absolute Gasteiger partial charge is 0.489 e. The van der Waals surface area contributed by atoms with Crippen molar-refractivity contribution in [3.05, 3.63) is 64.8 Å². The van der Waals surface area contributed by atoms with Crippen LogP contribution in [0.2, 0.25) is 5.02 Å². The third-order valence-corrected chi connectivity index (χ3v) is 5.69. The molecule has 0 saturated carbocycles. The molecule has 2 aromatic carbocycles. The average molecular weight is 422 g/mol. The maximum atomic E-state index is 9.56. The molecule has 30 heavy (non-hydrogen) atoms. The van der Waals surface area contributed by atoms with Crippen LogP contribution in [0.3, 0.4) is 0 Å². The van der Waals surface area contributed by atoms with Crippen molar-refractivity contribution in [1.29, 1.82) is 5.26 Å². The Morgan fingerprint density at radius 3 is 2.50 bits per heavy atom. The summed E-state index contributed by atoms with van der Waals surface area (Å²) < 4.78 is 11.9. The molecule has 2 heterocycles. The van der Waals surface area contributed by atoms with Gasteiger partial charge in [-0.25, -0.2) is 0 Å². The Balaban J connectivity index is 1.50. The van der Waals surface area contributed by atoms with Crippen LogP contribution in [0.15, 0.2) is 52.9 Å². The molecule has 154 valence electrons. The topological polar surface area (TPSA) is 62.3 Å². The number of oxazole rings is 1. The van der Waals surface area contributed by atoms with E-state index in [4.69, 9.17) is 20.8 Å². The SMILES string of the molecule is CC1CC(C)CN(c2oc(-c3ccc(OCc4ccccc4Cl)cc3)nc2C#N)C1. The van der Waals surface area contributed by atoms with Crippen molar-refractivity contribution in [1.82, 2.24) is 4.98 Å². The fraction of sp³-hybridized carbons (Fsp3) is 0.333. The number of nitrogens with zero attached hydrogens (tertiary/aromatic N) is 3. The summed E-state index contributed by atoms with van der Waals surface area (Å²) in [6, 6.07) is 17.3. The zero-order valence-corrected chi connectivity index (χ0v) is 17.9. The lowest BCUT2D eigenvalue weighted by Gasteiger charge is -2.34. The number of ether oxygens (including phenoxy) is 1. The molecular formula is C24H24ClN3O2. The van der Waals surface area contributed by atoms with E-state index >= 15 is 0 Å². The molecule has 2 atom stereocenters. The fourth-order valence-electron chi connectivity index (χ4n) is 4.02. The third kappa shape index (κ3) is 4.44. The molecule has 0 amide bonds. The minimum atomic E-state index is 0.338. The quantitative estimate of drug-likeness (QED) is 0.511. The highest BCUT2D eigenvalue weighted by Crippen LogP contribution is 2.33. The van der Waals surface area contributed by atoms with Crippen molar-refractivity contribution in [3.63, 3.8) is 0 Å². The van der Waals surface area contributed by atoms with E-state index in [0.717, 1.165) is 30.0 Å². The van der Waals surface area contributed by atoms with Gasteiger partial charge in [0.25, 0.3) is 0 Å². The molecule has 3 aromatic rings. The summed E-state index contributed by atoms with van der Waals surface area (Å²) in [7, 11) is 0. The van der Waals surface area contributed by atoms with Gasteiger partial charge in [-0.2, -0.15) is 10.2 Å². The minimum absolute atomic E-state index is 0.338. The van der Waals surface area contributed by atoms with E-state index in [0.29, 0.717) is 40.9 Å². The van der Waals surface area contributed by atoms with Crippen LogP contribution in [0.25, 0.3) is 11.5 Å². The van der Waals surface area contributed by atoms with E-state index in [2.05, 4.69) is 29.8 Å². The number of benzene rings is 2. The van der Waals surface area contributed by atoms with Crippen LogP contribution in [0.4, 0.5) is 5.88 Å². The van der Waals surface area contributed by atoms with Gasteiger partial charge in [0.1, 0.15) is 18.4 Å². The summed E-state index contributed by atoms with van der Waals surface area (Å²) in [6.07, 6.45) is 1.19. The number of hydrogen-bond acceptors (Lipinski definition) is 5. The monoisotopic (exact) mass is 421 g/mol. The van der Waals surface area contributed by atoms with Crippen molar-refractivity contribution < 1.29 is 9.15 Å². The summed E-state index contributed by atoms with van der Waals surface area (Å²) in [6.45, 7) is 6.61. The number of hydrogen-bond donors (Lipinski definition) is 0. The number of aromatic nitrogens is 1.